The summed E-state index contributed by atoms with van der Waals surface area (Å²) >= 11 is 0. The zero-order valence-electron chi connectivity index (χ0n) is 16.9. The fourth-order valence-corrected chi connectivity index (χ4v) is 3.51. The lowest BCUT2D eigenvalue weighted by Gasteiger charge is -2.35. The van der Waals surface area contributed by atoms with E-state index in [0.717, 1.165) is 26.1 Å². The second-order valence-corrected chi connectivity index (χ2v) is 7.13. The SMILES string of the molecule is CCc1ccc(C2CNCCN2Cc2nc(COc3ccc(F)cc3)no2)cc1.Cl. The van der Waals surface area contributed by atoms with Crippen LogP contribution in [0, 0.1) is 5.82 Å². The molecule has 0 aliphatic carbocycles. The van der Waals surface area contributed by atoms with E-state index >= 15 is 0 Å². The molecule has 4 rings (SSSR count). The smallest absolute Gasteiger partial charge is 0.240 e. The molecule has 0 spiro atoms. The van der Waals surface area contributed by atoms with Crippen LogP contribution in [-0.2, 0) is 19.6 Å². The van der Waals surface area contributed by atoms with Gasteiger partial charge in [0.15, 0.2) is 6.61 Å². The van der Waals surface area contributed by atoms with E-state index in [2.05, 4.69) is 51.5 Å². The van der Waals surface area contributed by atoms with Crippen molar-refractivity contribution in [3.05, 3.63) is 77.2 Å². The first kappa shape index (κ1) is 22.2. The number of aromatic nitrogens is 2. The van der Waals surface area contributed by atoms with Crippen LogP contribution in [0.5, 0.6) is 5.75 Å². The normalized spacial score (nSPS) is 16.8. The standard InChI is InChI=1S/C22H25FN4O2.ClH/c1-2-16-3-5-17(6-4-16)20-13-24-11-12-27(20)14-22-25-21(26-29-22)15-28-19-9-7-18(23)8-10-19;/h3-10,20,24H,2,11-15H2,1H3;1H. The summed E-state index contributed by atoms with van der Waals surface area (Å²) in [6.07, 6.45) is 1.04. The van der Waals surface area contributed by atoms with Gasteiger partial charge in [-0.25, -0.2) is 4.39 Å². The molecule has 0 amide bonds. The summed E-state index contributed by atoms with van der Waals surface area (Å²) in [6.45, 7) is 5.66. The van der Waals surface area contributed by atoms with E-state index in [9.17, 15) is 4.39 Å². The molecule has 1 aromatic heterocycles. The molecule has 1 aliphatic heterocycles. The van der Waals surface area contributed by atoms with Crippen LogP contribution in [0.4, 0.5) is 4.39 Å². The van der Waals surface area contributed by atoms with Gasteiger partial charge >= 0.3 is 0 Å². The number of piperazine rings is 1. The highest BCUT2D eigenvalue weighted by Crippen LogP contribution is 2.24. The number of nitrogens with one attached hydrogen (secondary N) is 1. The van der Waals surface area contributed by atoms with Crippen LogP contribution in [0.2, 0.25) is 0 Å². The number of rotatable bonds is 7. The Morgan fingerprint density at radius 2 is 1.93 bits per heavy atom. The summed E-state index contributed by atoms with van der Waals surface area (Å²) in [6, 6.07) is 14.9. The van der Waals surface area contributed by atoms with E-state index in [0.29, 0.717) is 24.0 Å². The monoisotopic (exact) mass is 432 g/mol. The van der Waals surface area contributed by atoms with Gasteiger partial charge in [0.1, 0.15) is 11.6 Å². The molecule has 1 atom stereocenters. The third-order valence-electron chi connectivity index (χ3n) is 5.16. The maximum absolute atomic E-state index is 13.0. The van der Waals surface area contributed by atoms with Gasteiger partial charge in [-0.05, 0) is 41.8 Å². The van der Waals surface area contributed by atoms with Gasteiger partial charge in [-0.3, -0.25) is 4.90 Å². The Morgan fingerprint density at radius 1 is 1.17 bits per heavy atom. The van der Waals surface area contributed by atoms with Crippen LogP contribution in [0.3, 0.4) is 0 Å². The van der Waals surface area contributed by atoms with Gasteiger partial charge in [0.05, 0.1) is 6.54 Å². The molecular formula is C22H26ClFN4O2. The molecule has 3 aromatic rings. The van der Waals surface area contributed by atoms with E-state index in [-0.39, 0.29) is 30.9 Å². The van der Waals surface area contributed by atoms with Gasteiger partial charge in [-0.2, -0.15) is 4.98 Å². The van der Waals surface area contributed by atoms with Gasteiger partial charge in [0, 0.05) is 25.7 Å². The quantitative estimate of drug-likeness (QED) is 0.610. The summed E-state index contributed by atoms with van der Waals surface area (Å²) in [5.41, 5.74) is 2.63. The molecular weight excluding hydrogens is 407 g/mol. The Balaban J connectivity index is 0.00000256. The van der Waals surface area contributed by atoms with E-state index < -0.39 is 0 Å². The lowest BCUT2D eigenvalue weighted by atomic mass is 10.0. The summed E-state index contributed by atoms with van der Waals surface area (Å²) in [5.74, 6) is 1.31. The summed E-state index contributed by atoms with van der Waals surface area (Å²) in [5, 5.41) is 7.48. The lowest BCUT2D eigenvalue weighted by Crippen LogP contribution is -2.45. The maximum Gasteiger partial charge on any atom is 0.240 e. The molecule has 0 saturated carbocycles. The van der Waals surface area contributed by atoms with Crippen LogP contribution < -0.4 is 10.1 Å². The van der Waals surface area contributed by atoms with Gasteiger partial charge in [-0.1, -0.05) is 36.3 Å². The van der Waals surface area contributed by atoms with E-state index in [4.69, 9.17) is 9.26 Å². The Morgan fingerprint density at radius 3 is 2.67 bits per heavy atom. The Labute approximate surface area is 181 Å². The number of nitrogens with zero attached hydrogens (tertiary/aromatic N) is 3. The predicted molar refractivity (Wildman–Crippen MR) is 114 cm³/mol. The fourth-order valence-electron chi connectivity index (χ4n) is 3.51. The number of hydrogen-bond acceptors (Lipinski definition) is 6. The van der Waals surface area contributed by atoms with Crippen molar-refractivity contribution in [1.82, 2.24) is 20.4 Å². The maximum atomic E-state index is 13.0. The fraction of sp³-hybridized carbons (Fsp3) is 0.364. The Kier molecular flexibility index (Phi) is 7.79. The number of ether oxygens (including phenoxy) is 1. The van der Waals surface area contributed by atoms with Crippen LogP contribution in [0.25, 0.3) is 0 Å². The minimum absolute atomic E-state index is 0. The average molecular weight is 433 g/mol. The van der Waals surface area contributed by atoms with Gasteiger partial charge in [-0.15, -0.1) is 12.4 Å². The minimum atomic E-state index is -0.297. The van der Waals surface area contributed by atoms with E-state index in [1.807, 2.05) is 0 Å². The zero-order chi connectivity index (χ0) is 20.1. The molecule has 8 heteroatoms. The number of aryl methyl sites for hydroxylation is 1. The van der Waals surface area contributed by atoms with Crippen LogP contribution in [0.15, 0.2) is 53.1 Å². The van der Waals surface area contributed by atoms with Crippen LogP contribution in [0.1, 0.15) is 35.8 Å². The number of halogens is 2. The zero-order valence-corrected chi connectivity index (χ0v) is 17.7. The van der Waals surface area contributed by atoms with E-state index in [1.54, 1.807) is 12.1 Å². The first-order valence-corrected chi connectivity index (χ1v) is 9.94. The van der Waals surface area contributed by atoms with Crippen molar-refractivity contribution in [2.24, 2.45) is 0 Å². The number of benzene rings is 2. The summed E-state index contributed by atoms with van der Waals surface area (Å²) < 4.78 is 24.0. The van der Waals surface area contributed by atoms with E-state index in [1.165, 1.54) is 23.3 Å². The van der Waals surface area contributed by atoms with Crippen molar-refractivity contribution in [3.8, 4) is 5.75 Å². The molecule has 6 nitrogen and oxygen atoms in total. The largest absolute Gasteiger partial charge is 0.485 e. The number of hydrogen-bond donors (Lipinski definition) is 1. The van der Waals surface area contributed by atoms with Crippen molar-refractivity contribution in [2.75, 3.05) is 19.6 Å². The predicted octanol–water partition coefficient (Wildman–Crippen LogP) is 3.92. The highest BCUT2D eigenvalue weighted by Gasteiger charge is 2.25. The molecule has 1 aliphatic rings. The van der Waals surface area contributed by atoms with Crippen molar-refractivity contribution in [1.29, 1.82) is 0 Å². The molecule has 0 radical (unpaired) electrons. The minimum Gasteiger partial charge on any atom is -0.485 e. The highest BCUT2D eigenvalue weighted by atomic mass is 35.5. The average Bonchev–Trinajstić information content (AvgIpc) is 3.21. The molecule has 160 valence electrons. The second-order valence-electron chi connectivity index (χ2n) is 7.13. The van der Waals surface area contributed by atoms with Gasteiger partial charge in [0.2, 0.25) is 11.7 Å². The van der Waals surface area contributed by atoms with Crippen molar-refractivity contribution < 1.29 is 13.7 Å². The molecule has 1 saturated heterocycles. The molecule has 0 bridgehead atoms. The summed E-state index contributed by atoms with van der Waals surface area (Å²) in [4.78, 5) is 6.81. The Hall–Kier alpha value is -2.48. The Bertz CT molecular complexity index is 918. The molecule has 1 fully saturated rings. The summed E-state index contributed by atoms with van der Waals surface area (Å²) in [7, 11) is 0. The highest BCUT2D eigenvalue weighted by molar-refractivity contribution is 5.85. The second kappa shape index (κ2) is 10.5. The topological polar surface area (TPSA) is 63.4 Å². The first-order chi connectivity index (χ1) is 14.2. The third kappa shape index (κ3) is 5.56. The van der Waals surface area contributed by atoms with Crippen molar-refractivity contribution >= 4 is 12.4 Å². The molecule has 30 heavy (non-hydrogen) atoms. The van der Waals surface area contributed by atoms with Crippen molar-refractivity contribution in [2.45, 2.75) is 32.5 Å². The van der Waals surface area contributed by atoms with Crippen molar-refractivity contribution in [3.63, 3.8) is 0 Å². The van der Waals surface area contributed by atoms with Crippen LogP contribution in [-0.4, -0.2) is 34.7 Å². The van der Waals surface area contributed by atoms with Crippen LogP contribution >= 0.6 is 12.4 Å². The third-order valence-corrected chi connectivity index (χ3v) is 5.16. The molecule has 2 aromatic carbocycles. The molecule has 1 N–H and O–H groups in total. The molecule has 1 unspecified atom stereocenters. The first-order valence-electron chi connectivity index (χ1n) is 9.94. The van der Waals surface area contributed by atoms with Gasteiger partial charge < -0.3 is 14.6 Å². The van der Waals surface area contributed by atoms with Gasteiger partial charge in [0.25, 0.3) is 0 Å². The molecule has 2 heterocycles. The lowest BCUT2D eigenvalue weighted by molar-refractivity contribution is 0.135.